The Morgan fingerprint density at radius 1 is 0.920 bits per heavy atom. The molecule has 0 radical (unpaired) electrons. The van der Waals surface area contributed by atoms with E-state index in [2.05, 4.69) is 15.3 Å². The first-order valence-electron chi connectivity index (χ1n) is 16.3. The van der Waals surface area contributed by atoms with E-state index in [0.717, 1.165) is 11.1 Å². The Morgan fingerprint density at radius 2 is 1.56 bits per heavy atom. The summed E-state index contributed by atoms with van der Waals surface area (Å²) in [5.41, 5.74) is 9.38. The summed E-state index contributed by atoms with van der Waals surface area (Å²) in [6.45, 7) is 12.2. The molecule has 2 aromatic carbocycles. The molecular formula is C35H44N7O8+. The van der Waals surface area contributed by atoms with Crippen LogP contribution in [0.1, 0.15) is 75.1 Å². The van der Waals surface area contributed by atoms with Crippen molar-refractivity contribution in [3.63, 3.8) is 0 Å². The van der Waals surface area contributed by atoms with E-state index in [1.807, 2.05) is 54.7 Å². The second kappa shape index (κ2) is 16.3. The van der Waals surface area contributed by atoms with Crippen molar-refractivity contribution in [2.45, 2.75) is 84.8 Å². The summed E-state index contributed by atoms with van der Waals surface area (Å²) in [5.74, 6) is -1.73. The number of amides is 3. The molecule has 2 heterocycles. The van der Waals surface area contributed by atoms with E-state index >= 15 is 0 Å². The smallest absolute Gasteiger partial charge is 0.407 e. The first-order valence-corrected chi connectivity index (χ1v) is 16.3. The molecule has 0 saturated carbocycles. The minimum Gasteiger partial charge on any atom is -0.490 e. The minimum absolute atomic E-state index is 0.181. The third-order valence-electron chi connectivity index (χ3n) is 7.10. The molecule has 266 valence electrons. The molecule has 1 aromatic heterocycles. The lowest BCUT2D eigenvalue weighted by Crippen LogP contribution is -2.44. The van der Waals surface area contributed by atoms with Crippen molar-refractivity contribution in [2.75, 3.05) is 19.7 Å². The number of imide groups is 1. The number of benzene rings is 2. The van der Waals surface area contributed by atoms with Gasteiger partial charge in [-0.2, -0.15) is 4.68 Å². The van der Waals surface area contributed by atoms with Crippen LogP contribution in [0, 0.1) is 0 Å². The number of aryl methyl sites for hydroxylation is 2. The molecule has 15 nitrogen and oxygen atoms in total. The van der Waals surface area contributed by atoms with Crippen molar-refractivity contribution in [3.05, 3.63) is 82.5 Å². The van der Waals surface area contributed by atoms with E-state index in [0.29, 0.717) is 49.8 Å². The average molecular weight is 691 g/mol. The molecule has 0 aliphatic carbocycles. The van der Waals surface area contributed by atoms with E-state index in [1.165, 1.54) is 12.1 Å². The van der Waals surface area contributed by atoms with Crippen LogP contribution in [-0.4, -0.2) is 70.6 Å². The fourth-order valence-corrected chi connectivity index (χ4v) is 4.95. The highest BCUT2D eigenvalue weighted by Gasteiger charge is 2.40. The van der Waals surface area contributed by atoms with Crippen LogP contribution in [0.3, 0.4) is 0 Å². The Kier molecular flexibility index (Phi) is 12.2. The predicted octanol–water partition coefficient (Wildman–Crippen LogP) is 5.37. The Labute approximate surface area is 290 Å². The summed E-state index contributed by atoms with van der Waals surface area (Å²) in [7, 11) is 0. The largest absolute Gasteiger partial charge is 0.490 e. The van der Waals surface area contributed by atoms with Gasteiger partial charge in [-0.25, -0.2) is 14.4 Å². The molecular weight excluding hydrogens is 646 g/mol. The summed E-state index contributed by atoms with van der Waals surface area (Å²) >= 11 is 0. The molecule has 1 atom stereocenters. The summed E-state index contributed by atoms with van der Waals surface area (Å²) in [6.07, 6.45) is 3.38. The molecule has 0 saturated heterocycles. The lowest BCUT2D eigenvalue weighted by atomic mass is 10.1. The molecule has 1 aliphatic heterocycles. The van der Waals surface area contributed by atoms with E-state index in [1.54, 1.807) is 45.0 Å². The number of ether oxygens (including phenoxy) is 3. The third kappa shape index (κ3) is 10.5. The van der Waals surface area contributed by atoms with Crippen molar-refractivity contribution >= 4 is 23.9 Å². The van der Waals surface area contributed by atoms with Gasteiger partial charge >= 0.3 is 12.1 Å². The van der Waals surface area contributed by atoms with Gasteiger partial charge in [-0.3, -0.25) is 9.59 Å². The Hall–Kier alpha value is -5.40. The fourth-order valence-electron chi connectivity index (χ4n) is 4.95. The summed E-state index contributed by atoms with van der Waals surface area (Å²) in [4.78, 5) is 59.4. The number of hydrogen-bond donors (Lipinski definition) is 1. The zero-order chi connectivity index (χ0) is 36.5. The van der Waals surface area contributed by atoms with Gasteiger partial charge in [0.1, 0.15) is 23.6 Å². The number of fused-ring (bicyclic) bond motifs is 1. The van der Waals surface area contributed by atoms with Crippen LogP contribution in [0.2, 0.25) is 0 Å². The number of rotatable bonds is 15. The number of esters is 1. The first-order chi connectivity index (χ1) is 23.6. The number of alkyl carbamates (subject to hydrolysis) is 1. The van der Waals surface area contributed by atoms with Crippen molar-refractivity contribution in [3.8, 4) is 16.9 Å². The average Bonchev–Trinajstić information content (AvgIpc) is 3.56. The highest BCUT2D eigenvalue weighted by molar-refractivity contribution is 6.20. The number of nitrogens with one attached hydrogen (secondary N) is 1. The molecule has 4 rings (SSSR count). The van der Waals surface area contributed by atoms with Gasteiger partial charge < -0.3 is 19.5 Å². The number of aromatic nitrogens is 2. The summed E-state index contributed by atoms with van der Waals surface area (Å²) in [6, 6.07) is 13.5. The highest BCUT2D eigenvalue weighted by atomic mass is 16.7. The lowest BCUT2D eigenvalue weighted by Gasteiger charge is -2.26. The quantitative estimate of drug-likeness (QED) is 0.0420. The molecule has 1 aliphatic rings. The second-order valence-electron chi connectivity index (χ2n) is 13.5. The molecule has 0 spiro atoms. The van der Waals surface area contributed by atoms with Crippen LogP contribution in [0.25, 0.3) is 21.6 Å². The van der Waals surface area contributed by atoms with Crippen LogP contribution in [0.4, 0.5) is 4.79 Å². The Bertz CT molecular complexity index is 1700. The van der Waals surface area contributed by atoms with Crippen LogP contribution in [0.15, 0.2) is 66.0 Å². The third-order valence-corrected chi connectivity index (χ3v) is 7.10. The molecule has 3 aromatic rings. The zero-order valence-electron chi connectivity index (χ0n) is 29.2. The van der Waals surface area contributed by atoms with E-state index in [-0.39, 0.29) is 17.7 Å². The standard InChI is InChI=1S/C35H43N7O8/c1-34(2,3)48-32(45)29(50-42-30(43)27-11-7-8-12-28(27)31(42)44)23-47-26-15-13-24(14-16-26)25-21-40(41(22-25)20-10-18-38-39-36)19-9-17-37-33(46)49-35(4,5)6/h7-8,11-16,21-22,29H,9-10,17-20,23H2,1-6H3/p+1/t29-/m0/s1. The van der Waals surface area contributed by atoms with Gasteiger partial charge in [-0.15, -0.1) is 9.75 Å². The fraction of sp³-hybridized carbons (Fsp3) is 0.457. The van der Waals surface area contributed by atoms with Crippen molar-refractivity contribution in [1.29, 1.82) is 0 Å². The van der Waals surface area contributed by atoms with Gasteiger partial charge in [0, 0.05) is 24.4 Å². The summed E-state index contributed by atoms with van der Waals surface area (Å²) < 4.78 is 20.8. The highest BCUT2D eigenvalue weighted by Crippen LogP contribution is 2.26. The van der Waals surface area contributed by atoms with Crippen molar-refractivity contribution in [1.82, 2.24) is 15.1 Å². The molecule has 3 amide bonds. The maximum atomic E-state index is 13.1. The van der Waals surface area contributed by atoms with Gasteiger partial charge in [-0.1, -0.05) is 29.4 Å². The number of azide groups is 1. The number of carbonyl (C=O) groups excluding carboxylic acids is 4. The van der Waals surface area contributed by atoms with E-state index < -0.39 is 41.2 Å². The minimum atomic E-state index is -1.42. The van der Waals surface area contributed by atoms with Crippen LogP contribution in [-0.2, 0) is 32.2 Å². The topological polar surface area (TPSA) is 178 Å². The van der Waals surface area contributed by atoms with Crippen LogP contribution < -0.4 is 14.7 Å². The molecule has 0 unspecified atom stereocenters. The molecule has 0 bridgehead atoms. The van der Waals surface area contributed by atoms with E-state index in [4.69, 9.17) is 24.6 Å². The normalized spacial score (nSPS) is 13.4. The summed E-state index contributed by atoms with van der Waals surface area (Å²) in [5, 5.41) is 6.98. The van der Waals surface area contributed by atoms with Gasteiger partial charge in [0.05, 0.1) is 29.4 Å². The van der Waals surface area contributed by atoms with Crippen LogP contribution in [0.5, 0.6) is 5.75 Å². The van der Waals surface area contributed by atoms with Crippen molar-refractivity contribution in [2.24, 2.45) is 5.11 Å². The van der Waals surface area contributed by atoms with Gasteiger partial charge in [0.25, 0.3) is 11.8 Å². The Balaban J connectivity index is 1.43. The van der Waals surface area contributed by atoms with Crippen LogP contribution >= 0.6 is 0 Å². The number of nitrogens with zero attached hydrogens (tertiary/aromatic N) is 6. The lowest BCUT2D eigenvalue weighted by molar-refractivity contribution is -0.775. The number of hydroxylamine groups is 2. The zero-order valence-corrected chi connectivity index (χ0v) is 29.2. The SMILES string of the molecule is CC(C)(C)OC(=O)NCCC[n+]1cc(-c2ccc(OC[C@H](ON3C(=O)c4ccccc4C3=O)C(=O)OC(C)(C)C)cc2)cn1CCCN=[N+]=[N-]. The molecule has 50 heavy (non-hydrogen) atoms. The predicted molar refractivity (Wildman–Crippen MR) is 181 cm³/mol. The number of carbonyl (C=O) groups is 4. The maximum absolute atomic E-state index is 13.1. The van der Waals surface area contributed by atoms with Crippen molar-refractivity contribution < 1.29 is 42.9 Å². The molecule has 15 heteroatoms. The van der Waals surface area contributed by atoms with Gasteiger partial charge in [-0.05, 0) is 83.3 Å². The second-order valence-corrected chi connectivity index (χ2v) is 13.5. The number of hydrogen-bond acceptors (Lipinski definition) is 9. The monoisotopic (exact) mass is 690 g/mol. The first kappa shape index (κ1) is 37.4. The van der Waals surface area contributed by atoms with Gasteiger partial charge in [0.15, 0.2) is 6.54 Å². The maximum Gasteiger partial charge on any atom is 0.407 e. The van der Waals surface area contributed by atoms with E-state index in [9.17, 15) is 19.2 Å². The molecule has 1 N–H and O–H groups in total. The van der Waals surface area contributed by atoms with Gasteiger partial charge in [0.2, 0.25) is 12.3 Å². The Morgan fingerprint density at radius 3 is 2.16 bits per heavy atom. The molecule has 0 fully saturated rings.